The molecule has 0 saturated carbocycles. The molecule has 0 radical (unpaired) electrons. The molecule has 2 unspecified atom stereocenters. The number of hydrogen-bond donors (Lipinski definition) is 0. The summed E-state index contributed by atoms with van der Waals surface area (Å²) in [5.74, 6) is 0. The predicted molar refractivity (Wildman–Crippen MR) is 242 cm³/mol. The van der Waals surface area contributed by atoms with E-state index in [0.29, 0.717) is 0 Å². The molecule has 2 aliphatic carbocycles. The number of allylic oxidation sites excluding steroid dienone is 4. The number of furan rings is 1. The summed E-state index contributed by atoms with van der Waals surface area (Å²) in [5.41, 5.74) is 15.6. The highest BCUT2D eigenvalue weighted by molar-refractivity contribution is 6.07. The quantitative estimate of drug-likeness (QED) is 0.162. The van der Waals surface area contributed by atoms with Crippen molar-refractivity contribution in [2.24, 2.45) is 5.41 Å². The molecule has 58 heavy (non-hydrogen) atoms. The van der Waals surface area contributed by atoms with Crippen molar-refractivity contribution >= 4 is 44.6 Å². The molecule has 276 valence electrons. The topological polar surface area (TPSA) is 16.4 Å². The zero-order valence-electron chi connectivity index (χ0n) is 32.3. The molecule has 2 aliphatic rings. The van der Waals surface area contributed by atoms with Crippen LogP contribution < -0.4 is 4.90 Å². The first-order valence-corrected chi connectivity index (χ1v) is 20.2. The van der Waals surface area contributed by atoms with Crippen molar-refractivity contribution in [3.63, 3.8) is 0 Å². The van der Waals surface area contributed by atoms with Gasteiger partial charge in [-0.1, -0.05) is 183 Å². The summed E-state index contributed by atoms with van der Waals surface area (Å²) in [6.07, 6.45) is 7.83. The van der Waals surface area contributed by atoms with Crippen LogP contribution in [0.2, 0.25) is 0 Å². The molecule has 9 aromatic rings. The van der Waals surface area contributed by atoms with Crippen LogP contribution >= 0.6 is 0 Å². The molecule has 0 N–H and O–H groups in total. The van der Waals surface area contributed by atoms with Crippen LogP contribution in [0.3, 0.4) is 0 Å². The van der Waals surface area contributed by atoms with Gasteiger partial charge in [-0.25, -0.2) is 0 Å². The van der Waals surface area contributed by atoms with E-state index in [9.17, 15) is 0 Å². The number of rotatable bonds is 7. The maximum absolute atomic E-state index is 6.90. The van der Waals surface area contributed by atoms with Gasteiger partial charge < -0.3 is 9.32 Å². The first-order chi connectivity index (χ1) is 28.6. The zero-order chi connectivity index (χ0) is 38.7. The molecule has 0 aliphatic heterocycles. The van der Waals surface area contributed by atoms with Crippen molar-refractivity contribution in [3.8, 4) is 22.3 Å². The second-order valence-electron chi connectivity index (χ2n) is 15.8. The van der Waals surface area contributed by atoms with E-state index in [4.69, 9.17) is 4.42 Å². The molecular formula is C56H41NO. The minimum Gasteiger partial charge on any atom is -0.456 e. The highest BCUT2D eigenvalue weighted by Gasteiger charge is 2.60. The van der Waals surface area contributed by atoms with Gasteiger partial charge in [0.2, 0.25) is 0 Å². The summed E-state index contributed by atoms with van der Waals surface area (Å²) in [6.45, 7) is 2.46. The largest absolute Gasteiger partial charge is 0.456 e. The van der Waals surface area contributed by atoms with Crippen LogP contribution in [-0.4, -0.2) is 0 Å². The van der Waals surface area contributed by atoms with Crippen molar-refractivity contribution in [2.75, 3.05) is 4.90 Å². The predicted octanol–water partition coefficient (Wildman–Crippen LogP) is 15.1. The van der Waals surface area contributed by atoms with Gasteiger partial charge in [-0.05, 0) is 93.4 Å². The number of fused-ring (bicyclic) bond motifs is 6. The third kappa shape index (κ3) is 5.11. The van der Waals surface area contributed by atoms with Crippen LogP contribution in [0, 0.1) is 5.41 Å². The standard InChI is InChI=1S/C56H41NO/c1-55-38-13-12-22-50(55)49-20-8-10-23-51(49)56(55,52-24-14-21-48-47-19-9-11-25-53(47)58-54(48)52)43-30-36-46(37-31-43)57(44-32-26-41(27-33-44)39-15-4-2-5-16-39)45-34-28-42(29-35-45)40-17-6-3-7-18-40/h2-37H,38H2,1H3. The summed E-state index contributed by atoms with van der Waals surface area (Å²) >= 11 is 0. The van der Waals surface area contributed by atoms with E-state index in [-0.39, 0.29) is 5.41 Å². The van der Waals surface area contributed by atoms with Crippen molar-refractivity contribution in [3.05, 3.63) is 241 Å². The van der Waals surface area contributed by atoms with Gasteiger partial charge in [0.1, 0.15) is 11.2 Å². The smallest absolute Gasteiger partial charge is 0.139 e. The molecule has 11 rings (SSSR count). The highest BCUT2D eigenvalue weighted by Crippen LogP contribution is 2.67. The normalized spacial score (nSPS) is 18.2. The molecule has 2 nitrogen and oxygen atoms in total. The summed E-state index contributed by atoms with van der Waals surface area (Å²) in [7, 11) is 0. The minimum absolute atomic E-state index is 0.277. The SMILES string of the molecule is CC12CC=CC=C1c1ccccc1C2(c1ccc(N(c2ccc(-c3ccccc3)cc2)c2ccc(-c3ccccc3)cc2)cc1)c1cccc2c1oc1ccccc12. The lowest BCUT2D eigenvalue weighted by molar-refractivity contribution is 0.321. The van der Waals surface area contributed by atoms with Crippen molar-refractivity contribution < 1.29 is 4.42 Å². The Morgan fingerprint density at radius 3 is 1.64 bits per heavy atom. The molecule has 0 amide bonds. The average molecular weight is 744 g/mol. The van der Waals surface area contributed by atoms with Gasteiger partial charge in [0.05, 0.1) is 5.41 Å². The van der Waals surface area contributed by atoms with Crippen molar-refractivity contribution in [1.29, 1.82) is 0 Å². The van der Waals surface area contributed by atoms with Crippen molar-refractivity contribution in [1.82, 2.24) is 0 Å². The number of para-hydroxylation sites is 2. The Kier molecular flexibility index (Phi) is 7.94. The number of benzene rings is 8. The van der Waals surface area contributed by atoms with E-state index in [2.05, 4.69) is 230 Å². The monoisotopic (exact) mass is 743 g/mol. The molecule has 0 spiro atoms. The Labute approximate surface area is 339 Å². The van der Waals surface area contributed by atoms with Gasteiger partial charge in [-0.15, -0.1) is 0 Å². The molecule has 2 heteroatoms. The van der Waals surface area contributed by atoms with E-state index in [1.54, 1.807) is 0 Å². The lowest BCUT2D eigenvalue weighted by Crippen LogP contribution is -2.43. The van der Waals surface area contributed by atoms with E-state index < -0.39 is 5.41 Å². The molecule has 0 saturated heterocycles. The van der Waals surface area contributed by atoms with Crippen LogP contribution in [0.1, 0.15) is 35.6 Å². The number of hydrogen-bond acceptors (Lipinski definition) is 2. The Hall–Kier alpha value is -7.16. The number of anilines is 3. The fourth-order valence-corrected chi connectivity index (χ4v) is 10.1. The molecule has 1 heterocycles. The summed E-state index contributed by atoms with van der Waals surface area (Å²) in [6, 6.07) is 72.7. The fraction of sp³-hybridized carbons (Fsp3) is 0.0714. The van der Waals surface area contributed by atoms with Gasteiger partial charge in [0.15, 0.2) is 0 Å². The molecule has 8 aromatic carbocycles. The van der Waals surface area contributed by atoms with Crippen molar-refractivity contribution in [2.45, 2.75) is 18.8 Å². The van der Waals surface area contributed by atoms with Gasteiger partial charge in [0, 0.05) is 38.8 Å². The minimum atomic E-state index is -0.536. The Morgan fingerprint density at radius 1 is 0.466 bits per heavy atom. The van der Waals surface area contributed by atoms with Gasteiger partial charge >= 0.3 is 0 Å². The maximum Gasteiger partial charge on any atom is 0.139 e. The Balaban J connectivity index is 1.10. The molecule has 2 atom stereocenters. The lowest BCUT2D eigenvalue weighted by Gasteiger charge is -2.46. The molecule has 0 fully saturated rings. The van der Waals surface area contributed by atoms with E-state index in [1.165, 1.54) is 50.1 Å². The average Bonchev–Trinajstić information content (AvgIpc) is 3.79. The van der Waals surface area contributed by atoms with Crippen LogP contribution in [0.5, 0.6) is 0 Å². The summed E-state index contributed by atoms with van der Waals surface area (Å²) in [4.78, 5) is 2.37. The second-order valence-corrected chi connectivity index (χ2v) is 15.8. The van der Waals surface area contributed by atoms with Crippen LogP contribution in [-0.2, 0) is 5.41 Å². The maximum atomic E-state index is 6.90. The summed E-state index contributed by atoms with van der Waals surface area (Å²) < 4.78 is 6.90. The van der Waals surface area contributed by atoms with Crippen LogP contribution in [0.4, 0.5) is 17.1 Å². The lowest BCUT2D eigenvalue weighted by atomic mass is 9.54. The zero-order valence-corrected chi connectivity index (χ0v) is 32.3. The van der Waals surface area contributed by atoms with E-state index in [0.717, 1.165) is 45.4 Å². The highest BCUT2D eigenvalue weighted by atomic mass is 16.3. The van der Waals surface area contributed by atoms with Gasteiger partial charge in [0.25, 0.3) is 0 Å². The van der Waals surface area contributed by atoms with Gasteiger partial charge in [-0.2, -0.15) is 0 Å². The third-order valence-electron chi connectivity index (χ3n) is 12.8. The third-order valence-corrected chi connectivity index (χ3v) is 12.8. The molecule has 1 aromatic heterocycles. The van der Waals surface area contributed by atoms with E-state index >= 15 is 0 Å². The fourth-order valence-electron chi connectivity index (χ4n) is 10.1. The number of nitrogens with zero attached hydrogens (tertiary/aromatic N) is 1. The Morgan fingerprint density at radius 2 is 0.983 bits per heavy atom. The Bertz CT molecular complexity index is 2930. The second kappa shape index (κ2) is 13.5. The first kappa shape index (κ1) is 34.1. The van der Waals surface area contributed by atoms with Crippen LogP contribution in [0.15, 0.2) is 223 Å². The summed E-state index contributed by atoms with van der Waals surface area (Å²) in [5, 5.41) is 2.30. The van der Waals surface area contributed by atoms with E-state index in [1.807, 2.05) is 0 Å². The van der Waals surface area contributed by atoms with Crippen LogP contribution in [0.25, 0.3) is 49.8 Å². The first-order valence-electron chi connectivity index (χ1n) is 20.2. The molecule has 0 bridgehead atoms. The molecular weight excluding hydrogens is 703 g/mol. The van der Waals surface area contributed by atoms with Gasteiger partial charge in [-0.3, -0.25) is 0 Å².